The van der Waals surface area contributed by atoms with Crippen molar-refractivity contribution in [3.05, 3.63) is 64.2 Å². The van der Waals surface area contributed by atoms with E-state index in [4.69, 9.17) is 0 Å². The van der Waals surface area contributed by atoms with Crippen molar-refractivity contribution in [3.63, 3.8) is 0 Å². The number of halogens is 9. The lowest BCUT2D eigenvalue weighted by Crippen LogP contribution is -2.47. The van der Waals surface area contributed by atoms with E-state index < -0.39 is 59.3 Å². The van der Waals surface area contributed by atoms with Crippen molar-refractivity contribution in [1.29, 1.82) is 0 Å². The Morgan fingerprint density at radius 3 is 1.98 bits per heavy atom. The summed E-state index contributed by atoms with van der Waals surface area (Å²) in [7, 11) is 1.40. The van der Waals surface area contributed by atoms with Gasteiger partial charge < -0.3 is 14.9 Å². The maximum Gasteiger partial charge on any atom is 0.416 e. The predicted octanol–water partition coefficient (Wildman–Crippen LogP) is 8.28. The fourth-order valence-corrected chi connectivity index (χ4v) is 7.06. The standard InChI is InChI=1S/C32H35F9N6O2/c1-3-24-15-27(47(29-42-44-45(2)43-29)17-20-10-22(31(36,37)38)13-23(11-20)32(39,40)41)25-14-21(30(33,34)35)8-9-26(25)46(24)16-19-6-4-18(5-7-19)12-28(48)49/h8-11,13-14,18-19,24,27H,3-7,12,15-17H2,1-2H3,(H,48,49)/t18?,19?,24-,27+/m1/s1. The third-order valence-electron chi connectivity index (χ3n) is 9.45. The van der Waals surface area contributed by atoms with Gasteiger partial charge in [-0.1, -0.05) is 12.0 Å². The second-order valence-electron chi connectivity index (χ2n) is 12.8. The molecule has 1 saturated carbocycles. The number of aliphatic carboxylic acids is 1. The number of hydrogen-bond acceptors (Lipinski definition) is 6. The van der Waals surface area contributed by atoms with Gasteiger partial charge in [0, 0.05) is 31.2 Å². The number of benzene rings is 2. The summed E-state index contributed by atoms with van der Waals surface area (Å²) in [6.07, 6.45) is -11.3. The Hall–Kier alpha value is -4.05. The second kappa shape index (κ2) is 13.7. The minimum atomic E-state index is -5.11. The smallest absolute Gasteiger partial charge is 0.416 e. The van der Waals surface area contributed by atoms with Crippen molar-refractivity contribution in [2.75, 3.05) is 16.3 Å². The molecule has 17 heteroatoms. The lowest BCUT2D eigenvalue weighted by molar-refractivity contribution is -0.143. The van der Waals surface area contributed by atoms with Crippen LogP contribution in [0, 0.1) is 11.8 Å². The van der Waals surface area contributed by atoms with Crippen LogP contribution in [0.25, 0.3) is 0 Å². The molecule has 49 heavy (non-hydrogen) atoms. The minimum Gasteiger partial charge on any atom is -0.481 e. The number of tetrazole rings is 1. The highest BCUT2D eigenvalue weighted by Gasteiger charge is 2.42. The fourth-order valence-electron chi connectivity index (χ4n) is 7.06. The number of carbonyl (C=O) groups is 1. The first-order valence-electron chi connectivity index (χ1n) is 15.8. The summed E-state index contributed by atoms with van der Waals surface area (Å²) in [5.41, 5.74) is -3.78. The largest absolute Gasteiger partial charge is 0.481 e. The average molecular weight is 707 g/mol. The van der Waals surface area contributed by atoms with Gasteiger partial charge in [-0.3, -0.25) is 4.79 Å². The number of fused-ring (bicyclic) bond motifs is 1. The number of aromatic nitrogens is 4. The SMILES string of the molecule is CC[C@@H]1C[C@H](N(Cc2cc(C(F)(F)F)cc(C(F)(F)F)c2)c2nnn(C)n2)c2cc(C(F)(F)F)ccc2N1CC1CCC(CC(=O)O)CC1. The van der Waals surface area contributed by atoms with Gasteiger partial charge >= 0.3 is 24.5 Å². The molecule has 0 bridgehead atoms. The monoisotopic (exact) mass is 706 g/mol. The van der Waals surface area contributed by atoms with Gasteiger partial charge in [0.1, 0.15) is 0 Å². The number of aryl methyl sites for hydroxylation is 1. The molecule has 1 N–H and O–H groups in total. The number of alkyl halides is 9. The van der Waals surface area contributed by atoms with Crippen molar-refractivity contribution in [3.8, 4) is 0 Å². The van der Waals surface area contributed by atoms with Gasteiger partial charge in [-0.15, -0.1) is 5.10 Å². The van der Waals surface area contributed by atoms with E-state index in [0.29, 0.717) is 43.6 Å². The number of carboxylic acids is 1. The number of rotatable bonds is 9. The van der Waals surface area contributed by atoms with Crippen molar-refractivity contribution in [2.24, 2.45) is 18.9 Å². The van der Waals surface area contributed by atoms with E-state index in [1.807, 2.05) is 11.8 Å². The van der Waals surface area contributed by atoms with Crippen LogP contribution in [0.1, 0.15) is 85.7 Å². The summed E-state index contributed by atoms with van der Waals surface area (Å²) in [4.78, 5) is 15.6. The Morgan fingerprint density at radius 1 is 0.878 bits per heavy atom. The van der Waals surface area contributed by atoms with Gasteiger partial charge in [-0.25, -0.2) is 0 Å². The van der Waals surface area contributed by atoms with Crippen molar-refractivity contribution < 1.29 is 49.4 Å². The number of carboxylic acid groups (broad SMARTS) is 1. The van der Waals surface area contributed by atoms with Gasteiger partial charge in [-0.2, -0.15) is 44.3 Å². The van der Waals surface area contributed by atoms with Gasteiger partial charge in [0.05, 0.1) is 29.8 Å². The number of hydrogen-bond donors (Lipinski definition) is 1. The molecule has 1 aliphatic heterocycles. The summed E-state index contributed by atoms with van der Waals surface area (Å²) < 4.78 is 125. The predicted molar refractivity (Wildman–Crippen MR) is 159 cm³/mol. The Bertz CT molecular complexity index is 1600. The Kier molecular flexibility index (Phi) is 10.1. The van der Waals surface area contributed by atoms with Gasteiger partial charge in [0.2, 0.25) is 0 Å². The normalized spacial score (nSPS) is 21.8. The molecule has 268 valence electrons. The van der Waals surface area contributed by atoms with E-state index in [9.17, 15) is 49.4 Å². The van der Waals surface area contributed by atoms with Gasteiger partial charge in [0.25, 0.3) is 5.95 Å². The average Bonchev–Trinajstić information content (AvgIpc) is 3.45. The summed E-state index contributed by atoms with van der Waals surface area (Å²) in [6, 6.07) is 3.20. The van der Waals surface area contributed by atoms with Crippen LogP contribution in [0.4, 0.5) is 51.1 Å². The van der Waals surface area contributed by atoms with E-state index in [2.05, 4.69) is 15.4 Å². The molecule has 1 aromatic heterocycles. The summed E-state index contributed by atoms with van der Waals surface area (Å²) in [5, 5.41) is 21.1. The maximum absolute atomic E-state index is 14.1. The van der Waals surface area contributed by atoms with E-state index in [-0.39, 0.29) is 48.3 Å². The second-order valence-corrected chi connectivity index (χ2v) is 12.8. The van der Waals surface area contributed by atoms with Crippen LogP contribution in [0.2, 0.25) is 0 Å². The molecule has 0 amide bonds. The van der Waals surface area contributed by atoms with E-state index in [0.717, 1.165) is 29.8 Å². The van der Waals surface area contributed by atoms with Crippen LogP contribution >= 0.6 is 0 Å². The molecule has 0 unspecified atom stereocenters. The van der Waals surface area contributed by atoms with E-state index in [1.165, 1.54) is 18.0 Å². The Labute approximate surface area is 275 Å². The molecule has 2 atom stereocenters. The van der Waals surface area contributed by atoms with Gasteiger partial charge in [0.15, 0.2) is 0 Å². The first-order chi connectivity index (χ1) is 22.8. The first kappa shape index (κ1) is 36.2. The number of nitrogens with zero attached hydrogens (tertiary/aromatic N) is 6. The molecule has 5 rings (SSSR count). The highest BCUT2D eigenvalue weighted by molar-refractivity contribution is 5.67. The minimum absolute atomic E-state index is 0.0140. The third kappa shape index (κ3) is 8.40. The molecular formula is C32H35F9N6O2. The zero-order valence-electron chi connectivity index (χ0n) is 26.6. The molecule has 0 spiro atoms. The topological polar surface area (TPSA) is 87.4 Å². The van der Waals surface area contributed by atoms with Crippen LogP contribution in [-0.4, -0.2) is 43.9 Å². The lowest BCUT2D eigenvalue weighted by atomic mass is 9.79. The number of anilines is 2. The van der Waals surface area contributed by atoms with Crippen LogP contribution in [0.15, 0.2) is 36.4 Å². The highest BCUT2D eigenvalue weighted by Crippen LogP contribution is 2.47. The van der Waals surface area contributed by atoms with Crippen molar-refractivity contribution in [1.82, 2.24) is 20.2 Å². The molecule has 2 heterocycles. The van der Waals surface area contributed by atoms with Crippen LogP contribution < -0.4 is 9.80 Å². The maximum atomic E-state index is 14.1. The highest BCUT2D eigenvalue weighted by atomic mass is 19.4. The van der Waals surface area contributed by atoms with E-state index in [1.54, 1.807) is 0 Å². The molecule has 0 saturated heterocycles. The van der Waals surface area contributed by atoms with Gasteiger partial charge in [-0.05, 0) is 103 Å². The molecule has 1 aliphatic carbocycles. The van der Waals surface area contributed by atoms with Crippen LogP contribution in [0.3, 0.4) is 0 Å². The van der Waals surface area contributed by atoms with Crippen LogP contribution in [-0.2, 0) is 36.9 Å². The zero-order chi connectivity index (χ0) is 35.9. The molecule has 1 fully saturated rings. The van der Waals surface area contributed by atoms with E-state index >= 15 is 0 Å². The molecule has 2 aliphatic rings. The molecule has 3 aromatic rings. The lowest BCUT2D eigenvalue weighted by Gasteiger charge is -2.47. The van der Waals surface area contributed by atoms with Crippen molar-refractivity contribution in [2.45, 2.75) is 89.0 Å². The quantitative estimate of drug-likeness (QED) is 0.224. The van der Waals surface area contributed by atoms with Crippen molar-refractivity contribution >= 4 is 17.6 Å². The van der Waals surface area contributed by atoms with Crippen LogP contribution in [0.5, 0.6) is 0 Å². The molecule has 8 nitrogen and oxygen atoms in total. The zero-order valence-corrected chi connectivity index (χ0v) is 26.6. The summed E-state index contributed by atoms with van der Waals surface area (Å²) >= 11 is 0. The summed E-state index contributed by atoms with van der Waals surface area (Å²) in [5.74, 6) is -0.867. The fraction of sp³-hybridized carbons (Fsp3) is 0.562. The summed E-state index contributed by atoms with van der Waals surface area (Å²) in [6.45, 7) is 1.78. The molecule has 2 aromatic carbocycles. The third-order valence-corrected chi connectivity index (χ3v) is 9.45. The molecular weight excluding hydrogens is 671 g/mol. The Morgan fingerprint density at radius 2 is 1.47 bits per heavy atom. The Balaban J connectivity index is 1.58. The first-order valence-corrected chi connectivity index (χ1v) is 15.8. The molecule has 0 radical (unpaired) electrons.